The molecule has 0 aromatic carbocycles. The van der Waals surface area contributed by atoms with Gasteiger partial charge in [-0.2, -0.15) is 0 Å². The van der Waals surface area contributed by atoms with Crippen LogP contribution in [0.5, 0.6) is 0 Å². The molecule has 0 amide bonds. The lowest BCUT2D eigenvalue weighted by molar-refractivity contribution is -0.0983. The van der Waals surface area contributed by atoms with Crippen LogP contribution in [0.4, 0.5) is 0 Å². The number of hydrogen-bond donors (Lipinski definition) is 1. The highest BCUT2D eigenvalue weighted by Gasteiger charge is 2.41. The monoisotopic (exact) mass is 281 g/mol. The van der Waals surface area contributed by atoms with Crippen LogP contribution in [0.3, 0.4) is 0 Å². The van der Waals surface area contributed by atoms with Gasteiger partial charge in [0.2, 0.25) is 0 Å². The zero-order chi connectivity index (χ0) is 14.3. The van der Waals surface area contributed by atoms with E-state index in [0.717, 1.165) is 18.6 Å². The molecule has 118 valence electrons. The predicted molar refractivity (Wildman–Crippen MR) is 86.1 cm³/mol. The van der Waals surface area contributed by atoms with Gasteiger partial charge in [0.05, 0.1) is 5.60 Å². The highest BCUT2D eigenvalue weighted by molar-refractivity contribution is 4.94. The minimum atomic E-state index is 0.278. The van der Waals surface area contributed by atoms with Crippen LogP contribution < -0.4 is 5.32 Å². The summed E-state index contributed by atoms with van der Waals surface area (Å²) in [7, 11) is 0. The van der Waals surface area contributed by atoms with Crippen molar-refractivity contribution in [3.8, 4) is 0 Å². The van der Waals surface area contributed by atoms with Crippen molar-refractivity contribution >= 4 is 0 Å². The summed E-state index contributed by atoms with van der Waals surface area (Å²) in [6.45, 7) is 6.76. The maximum atomic E-state index is 6.21. The van der Waals surface area contributed by atoms with E-state index in [0.29, 0.717) is 0 Å². The van der Waals surface area contributed by atoms with Crippen molar-refractivity contribution in [2.75, 3.05) is 13.2 Å². The van der Waals surface area contributed by atoms with Gasteiger partial charge in [0, 0.05) is 12.6 Å². The first kappa shape index (κ1) is 16.3. The summed E-state index contributed by atoms with van der Waals surface area (Å²) in [5.74, 6) is 0.852. The fourth-order valence-corrected chi connectivity index (χ4v) is 4.23. The van der Waals surface area contributed by atoms with Crippen LogP contribution in [-0.2, 0) is 4.74 Å². The molecule has 2 fully saturated rings. The Labute approximate surface area is 126 Å². The van der Waals surface area contributed by atoms with Crippen LogP contribution in [0.15, 0.2) is 0 Å². The van der Waals surface area contributed by atoms with Crippen LogP contribution in [-0.4, -0.2) is 24.8 Å². The van der Waals surface area contributed by atoms with Gasteiger partial charge < -0.3 is 10.1 Å². The third-order valence-corrected chi connectivity index (χ3v) is 5.39. The van der Waals surface area contributed by atoms with Crippen molar-refractivity contribution < 1.29 is 4.74 Å². The van der Waals surface area contributed by atoms with E-state index >= 15 is 0 Å². The molecule has 0 aromatic heterocycles. The molecular formula is C18H35NO. The zero-order valence-electron chi connectivity index (χ0n) is 13.8. The van der Waals surface area contributed by atoms with E-state index in [9.17, 15) is 0 Å². The van der Waals surface area contributed by atoms with E-state index in [-0.39, 0.29) is 5.60 Å². The van der Waals surface area contributed by atoms with Gasteiger partial charge in [-0.15, -0.1) is 0 Å². The Morgan fingerprint density at radius 3 is 2.65 bits per heavy atom. The quantitative estimate of drug-likeness (QED) is 0.653. The second-order valence-corrected chi connectivity index (χ2v) is 7.05. The molecule has 1 N–H and O–H groups in total. The summed E-state index contributed by atoms with van der Waals surface area (Å²) in [6, 6.07) is 0.739. The SMILES string of the molecule is CCCCCC(NCCC)C1CCOC2(CCCC2)C1. The summed E-state index contributed by atoms with van der Waals surface area (Å²) in [6.07, 6.45) is 14.7. The van der Waals surface area contributed by atoms with Crippen LogP contribution in [0, 0.1) is 5.92 Å². The molecule has 2 heteroatoms. The minimum absolute atomic E-state index is 0.278. The number of hydrogen-bond acceptors (Lipinski definition) is 2. The lowest BCUT2D eigenvalue weighted by atomic mass is 9.79. The molecular weight excluding hydrogens is 246 g/mol. The van der Waals surface area contributed by atoms with Crippen molar-refractivity contribution in [2.24, 2.45) is 5.92 Å². The van der Waals surface area contributed by atoms with Gasteiger partial charge in [0.1, 0.15) is 0 Å². The van der Waals surface area contributed by atoms with Gasteiger partial charge >= 0.3 is 0 Å². The first-order valence-corrected chi connectivity index (χ1v) is 9.17. The summed E-state index contributed by atoms with van der Waals surface area (Å²) in [4.78, 5) is 0. The van der Waals surface area contributed by atoms with Crippen LogP contribution >= 0.6 is 0 Å². The van der Waals surface area contributed by atoms with E-state index in [1.54, 1.807) is 0 Å². The molecule has 2 atom stereocenters. The average molecular weight is 281 g/mol. The average Bonchev–Trinajstić information content (AvgIpc) is 2.90. The van der Waals surface area contributed by atoms with E-state index in [2.05, 4.69) is 19.2 Å². The van der Waals surface area contributed by atoms with Gasteiger partial charge in [0.15, 0.2) is 0 Å². The van der Waals surface area contributed by atoms with Crippen molar-refractivity contribution in [2.45, 2.75) is 96.1 Å². The molecule has 2 nitrogen and oxygen atoms in total. The first-order chi connectivity index (χ1) is 9.79. The summed E-state index contributed by atoms with van der Waals surface area (Å²) >= 11 is 0. The molecule has 1 saturated carbocycles. The van der Waals surface area contributed by atoms with E-state index < -0.39 is 0 Å². The summed E-state index contributed by atoms with van der Waals surface area (Å²) in [5.41, 5.74) is 0.278. The Hall–Kier alpha value is -0.0800. The standard InChI is InChI=1S/C18H35NO/c1-3-5-6-9-17(19-13-4-2)16-10-14-20-18(15-16)11-7-8-12-18/h16-17,19H,3-15H2,1-2H3. The Morgan fingerprint density at radius 2 is 1.95 bits per heavy atom. The molecule has 1 aliphatic carbocycles. The second kappa shape index (κ2) is 8.38. The van der Waals surface area contributed by atoms with Crippen molar-refractivity contribution in [1.29, 1.82) is 0 Å². The molecule has 1 aliphatic heterocycles. The van der Waals surface area contributed by atoms with E-state index in [1.165, 1.54) is 77.2 Å². The lowest BCUT2D eigenvalue weighted by Gasteiger charge is -2.41. The normalized spacial score (nSPS) is 27.0. The van der Waals surface area contributed by atoms with Gasteiger partial charge in [0.25, 0.3) is 0 Å². The van der Waals surface area contributed by atoms with Gasteiger partial charge in [-0.3, -0.25) is 0 Å². The predicted octanol–water partition coefficient (Wildman–Crippen LogP) is 4.67. The summed E-state index contributed by atoms with van der Waals surface area (Å²) in [5, 5.41) is 3.85. The number of nitrogens with one attached hydrogen (secondary N) is 1. The molecule has 20 heavy (non-hydrogen) atoms. The number of unbranched alkanes of at least 4 members (excludes halogenated alkanes) is 2. The fourth-order valence-electron chi connectivity index (χ4n) is 4.23. The fraction of sp³-hybridized carbons (Fsp3) is 1.00. The molecule has 2 rings (SSSR count). The third-order valence-electron chi connectivity index (χ3n) is 5.39. The number of rotatable bonds is 8. The smallest absolute Gasteiger partial charge is 0.0685 e. The third kappa shape index (κ3) is 4.46. The molecule has 1 saturated heterocycles. The van der Waals surface area contributed by atoms with Gasteiger partial charge in [-0.05, 0) is 51.0 Å². The van der Waals surface area contributed by atoms with Crippen molar-refractivity contribution in [3.63, 3.8) is 0 Å². The van der Waals surface area contributed by atoms with E-state index in [1.807, 2.05) is 0 Å². The maximum Gasteiger partial charge on any atom is 0.0685 e. The molecule has 1 heterocycles. The van der Waals surface area contributed by atoms with Crippen LogP contribution in [0.25, 0.3) is 0 Å². The topological polar surface area (TPSA) is 21.3 Å². The van der Waals surface area contributed by atoms with Crippen LogP contribution in [0.1, 0.15) is 84.5 Å². The molecule has 2 aliphatic rings. The lowest BCUT2D eigenvalue weighted by Crippen LogP contribution is -2.46. The zero-order valence-corrected chi connectivity index (χ0v) is 13.8. The molecule has 0 radical (unpaired) electrons. The molecule has 0 aromatic rings. The largest absolute Gasteiger partial charge is 0.375 e. The van der Waals surface area contributed by atoms with Crippen LogP contribution in [0.2, 0.25) is 0 Å². The van der Waals surface area contributed by atoms with Crippen molar-refractivity contribution in [1.82, 2.24) is 5.32 Å². The Morgan fingerprint density at radius 1 is 1.15 bits per heavy atom. The molecule has 2 unspecified atom stereocenters. The van der Waals surface area contributed by atoms with E-state index in [4.69, 9.17) is 4.74 Å². The maximum absolute atomic E-state index is 6.21. The summed E-state index contributed by atoms with van der Waals surface area (Å²) < 4.78 is 6.21. The molecule has 1 spiro atoms. The Kier molecular flexibility index (Phi) is 6.83. The Bertz CT molecular complexity index is 260. The van der Waals surface area contributed by atoms with Gasteiger partial charge in [-0.25, -0.2) is 0 Å². The van der Waals surface area contributed by atoms with Gasteiger partial charge in [-0.1, -0.05) is 46.0 Å². The highest BCUT2D eigenvalue weighted by atomic mass is 16.5. The van der Waals surface area contributed by atoms with Crippen molar-refractivity contribution in [3.05, 3.63) is 0 Å². The Balaban J connectivity index is 1.88. The first-order valence-electron chi connectivity index (χ1n) is 9.17. The minimum Gasteiger partial charge on any atom is -0.375 e. The highest BCUT2D eigenvalue weighted by Crippen LogP contribution is 2.43. The molecule has 0 bridgehead atoms. The second-order valence-electron chi connectivity index (χ2n) is 7.05. The number of ether oxygens (including phenoxy) is 1.